The van der Waals surface area contributed by atoms with E-state index in [-0.39, 0.29) is 71.0 Å². The second-order valence-electron chi connectivity index (χ2n) is 1.29. The molecule has 96 valence electrons. The average Bonchev–Trinajstić information content (AvgIpc) is 1.61. The first-order valence-electron chi connectivity index (χ1n) is 2.06. The van der Waals surface area contributed by atoms with Crippen molar-refractivity contribution >= 4 is 11.9 Å². The summed E-state index contributed by atoms with van der Waals surface area (Å²) in [6, 6.07) is 0. The molecule has 0 rings (SSSR count). The van der Waals surface area contributed by atoms with Crippen molar-refractivity contribution in [3.05, 3.63) is 37.1 Å². The fraction of sp³-hybridized carbons (Fsp3) is 0.222. The van der Waals surface area contributed by atoms with E-state index in [1.807, 2.05) is 0 Å². The molecule has 0 aromatic heterocycles. The number of carboxylic acids is 2. The molecule has 0 aromatic carbocycles. The summed E-state index contributed by atoms with van der Waals surface area (Å²) in [6.07, 6.45) is -0.593. The first-order chi connectivity index (χ1) is 3.63. The second-order valence-corrected chi connectivity index (χ2v) is 1.29. The van der Waals surface area contributed by atoms with E-state index in [1.165, 1.54) is 0 Å². The summed E-state index contributed by atoms with van der Waals surface area (Å²) >= 11 is 0. The number of carbonyl (C=O) groups is 2. The zero-order valence-electron chi connectivity index (χ0n) is 9.44. The van der Waals surface area contributed by atoms with Gasteiger partial charge in [-0.2, -0.15) is 0 Å². The minimum absolute atomic E-state index is 0. The third kappa shape index (κ3) is 61.3. The van der Waals surface area contributed by atoms with E-state index in [0.29, 0.717) is 0 Å². The van der Waals surface area contributed by atoms with Crippen LogP contribution in [0.25, 0.3) is 0 Å². The Morgan fingerprint density at radius 1 is 0.714 bits per heavy atom. The van der Waals surface area contributed by atoms with E-state index in [4.69, 9.17) is 10.2 Å². The molecular weight excluding hydrogens is 367 g/mol. The largest absolute Gasteiger partial charge is 0.481 e. The van der Waals surface area contributed by atoms with Gasteiger partial charge in [0, 0.05) is 21.1 Å². The first-order valence-corrected chi connectivity index (χ1v) is 2.06. The maximum atomic E-state index is 9.64. The molecule has 0 radical (unpaired) electrons. The molecule has 5 heteroatoms. The normalized spacial score (nSPS) is 4.86. The smallest absolute Gasteiger partial charge is 0.303 e. The van der Waals surface area contributed by atoms with E-state index >= 15 is 0 Å². The summed E-state index contributed by atoms with van der Waals surface area (Å²) in [7, 11) is 0. The van der Waals surface area contributed by atoms with Crippen LogP contribution in [0.1, 0.15) is 12.8 Å². The molecule has 0 spiro atoms. The summed E-state index contributed by atoms with van der Waals surface area (Å²) < 4.78 is 0. The van der Waals surface area contributed by atoms with Crippen LogP contribution in [-0.4, -0.2) is 22.2 Å². The molecule has 0 aliphatic rings. The predicted octanol–water partition coefficient (Wildman–Crippen LogP) is 2.18. The fourth-order valence-corrected chi connectivity index (χ4v) is 0.214. The standard InChI is InChI=1S/C4H6O4.5CH3.Pt/c5-3(6)1-2-4(7)8;;;;;;/h1-2H2,(H,5,6)(H,7,8);5*1H3;/q;5*-1;. The van der Waals surface area contributed by atoms with Crippen molar-refractivity contribution in [3.63, 3.8) is 0 Å². The molecule has 0 aromatic rings. The predicted molar refractivity (Wildman–Crippen MR) is 56.6 cm³/mol. The van der Waals surface area contributed by atoms with Crippen molar-refractivity contribution in [1.82, 2.24) is 0 Å². The quantitative estimate of drug-likeness (QED) is 0.727. The van der Waals surface area contributed by atoms with E-state index in [9.17, 15) is 9.59 Å². The number of hydrogen-bond donors (Lipinski definition) is 2. The van der Waals surface area contributed by atoms with Crippen LogP contribution in [0, 0.1) is 37.1 Å². The topological polar surface area (TPSA) is 74.6 Å². The zero-order valence-corrected chi connectivity index (χ0v) is 11.7. The van der Waals surface area contributed by atoms with Crippen LogP contribution in [0.4, 0.5) is 0 Å². The minimum Gasteiger partial charge on any atom is -0.481 e. The molecule has 0 unspecified atom stereocenters. The van der Waals surface area contributed by atoms with Crippen molar-refractivity contribution < 1.29 is 40.9 Å². The summed E-state index contributed by atoms with van der Waals surface area (Å²) in [5.41, 5.74) is 0. The molecule has 0 fully saturated rings. The Morgan fingerprint density at radius 2 is 0.857 bits per heavy atom. The van der Waals surface area contributed by atoms with Crippen molar-refractivity contribution in [1.29, 1.82) is 0 Å². The fourth-order valence-electron chi connectivity index (χ4n) is 0.214. The summed E-state index contributed by atoms with van der Waals surface area (Å²) in [5, 5.41) is 15.8. The van der Waals surface area contributed by atoms with Crippen LogP contribution < -0.4 is 0 Å². The Balaban J connectivity index is -0.0000000163. The second kappa shape index (κ2) is 29.3. The molecule has 2 N–H and O–H groups in total. The molecule has 0 bridgehead atoms. The van der Waals surface area contributed by atoms with Crippen molar-refractivity contribution in [2.24, 2.45) is 0 Å². The molecule has 0 heterocycles. The Kier molecular flexibility index (Phi) is 104. The Morgan fingerprint density at radius 3 is 0.929 bits per heavy atom. The summed E-state index contributed by atoms with van der Waals surface area (Å²) in [4.78, 5) is 19.3. The Labute approximate surface area is 103 Å². The Hall–Kier alpha value is -0.372. The number of rotatable bonds is 3. The minimum atomic E-state index is -1.08. The molecule has 4 nitrogen and oxygen atoms in total. The van der Waals surface area contributed by atoms with Crippen molar-refractivity contribution in [3.8, 4) is 0 Å². The van der Waals surface area contributed by atoms with Gasteiger partial charge in [0.2, 0.25) is 0 Å². The van der Waals surface area contributed by atoms with Gasteiger partial charge in [-0.3, -0.25) is 9.59 Å². The molecule has 0 atom stereocenters. The van der Waals surface area contributed by atoms with Gasteiger partial charge in [-0.05, 0) is 0 Å². The van der Waals surface area contributed by atoms with Crippen LogP contribution in [0.15, 0.2) is 0 Å². The van der Waals surface area contributed by atoms with Gasteiger partial charge >= 0.3 is 11.9 Å². The van der Waals surface area contributed by atoms with Gasteiger partial charge < -0.3 is 47.3 Å². The maximum absolute atomic E-state index is 9.64. The van der Waals surface area contributed by atoms with Crippen LogP contribution in [0.5, 0.6) is 0 Å². The monoisotopic (exact) mass is 388 g/mol. The zero-order chi connectivity index (χ0) is 6.57. The first kappa shape index (κ1) is 49.5. The van der Waals surface area contributed by atoms with E-state index in [1.54, 1.807) is 0 Å². The molecule has 14 heavy (non-hydrogen) atoms. The van der Waals surface area contributed by atoms with Crippen LogP contribution in [0.3, 0.4) is 0 Å². The van der Waals surface area contributed by atoms with Gasteiger partial charge in [0.25, 0.3) is 0 Å². The number of aliphatic carboxylic acids is 2. The van der Waals surface area contributed by atoms with E-state index < -0.39 is 11.9 Å². The van der Waals surface area contributed by atoms with E-state index in [0.717, 1.165) is 0 Å². The SMILES string of the molecule is O=C(O)CCC(=O)O.[CH3-].[CH3-].[CH3-].[CH3-].[CH3-].[Pt]. The maximum Gasteiger partial charge on any atom is 0.303 e. The third-order valence-corrected chi connectivity index (χ3v) is 0.553. The summed E-state index contributed by atoms with van der Waals surface area (Å²) in [5.74, 6) is -2.15. The van der Waals surface area contributed by atoms with Gasteiger partial charge in [-0.25, -0.2) is 0 Å². The molecule has 0 saturated heterocycles. The number of carboxylic acid groups (broad SMARTS) is 2. The summed E-state index contributed by atoms with van der Waals surface area (Å²) in [6.45, 7) is 0. The Bertz CT molecular complexity index is 101. The van der Waals surface area contributed by atoms with Crippen molar-refractivity contribution in [2.75, 3.05) is 0 Å². The molecule has 0 aliphatic carbocycles. The van der Waals surface area contributed by atoms with Crippen LogP contribution in [0.2, 0.25) is 0 Å². The van der Waals surface area contributed by atoms with Gasteiger partial charge in [0.15, 0.2) is 0 Å². The van der Waals surface area contributed by atoms with Gasteiger partial charge in [-0.15, -0.1) is 0 Å². The van der Waals surface area contributed by atoms with E-state index in [2.05, 4.69) is 0 Å². The van der Waals surface area contributed by atoms with Crippen LogP contribution in [-0.2, 0) is 30.7 Å². The average molecular weight is 388 g/mol. The van der Waals surface area contributed by atoms with Gasteiger partial charge in [0.1, 0.15) is 0 Å². The molecular formula is C9H21O4Pt-5. The van der Waals surface area contributed by atoms with Gasteiger partial charge in [-0.1, -0.05) is 0 Å². The third-order valence-electron chi connectivity index (χ3n) is 0.553. The molecule has 0 amide bonds. The van der Waals surface area contributed by atoms with Gasteiger partial charge in [0.05, 0.1) is 12.8 Å². The number of hydrogen-bond acceptors (Lipinski definition) is 2. The molecule has 0 aliphatic heterocycles. The van der Waals surface area contributed by atoms with Crippen LogP contribution >= 0.6 is 0 Å². The van der Waals surface area contributed by atoms with Crippen molar-refractivity contribution in [2.45, 2.75) is 12.8 Å². The molecule has 0 saturated carbocycles.